The Kier molecular flexibility index (Phi) is 4.75. The fraction of sp³-hybridized carbons (Fsp3) is 0.267. The third kappa shape index (κ3) is 3.92. The van der Waals surface area contributed by atoms with Gasteiger partial charge in [0.2, 0.25) is 0 Å². The number of amides is 1. The largest absolute Gasteiger partial charge is 0.492 e. The van der Waals surface area contributed by atoms with Crippen molar-refractivity contribution in [2.45, 2.75) is 0 Å². The van der Waals surface area contributed by atoms with Crippen molar-refractivity contribution >= 4 is 23.2 Å². The number of aryl methyl sites for hydroxylation is 1. The lowest BCUT2D eigenvalue weighted by molar-refractivity contribution is 0.0764. The molecule has 21 heavy (non-hydrogen) atoms. The molecule has 1 aromatic carbocycles. The van der Waals surface area contributed by atoms with Gasteiger partial charge < -0.3 is 19.9 Å². The van der Waals surface area contributed by atoms with Crippen LogP contribution in [0.15, 0.2) is 36.5 Å². The molecule has 1 aromatic heterocycles. The van der Waals surface area contributed by atoms with Crippen LogP contribution in [0.4, 0.5) is 5.69 Å². The van der Waals surface area contributed by atoms with Crippen LogP contribution < -0.4 is 10.5 Å². The first kappa shape index (κ1) is 15.3. The number of nitrogens with zero attached hydrogens (tertiary/aromatic N) is 2. The van der Waals surface area contributed by atoms with Gasteiger partial charge >= 0.3 is 0 Å². The number of nitrogens with two attached hydrogens (primary N) is 1. The van der Waals surface area contributed by atoms with E-state index in [0.29, 0.717) is 35.3 Å². The number of aromatic nitrogens is 1. The number of rotatable bonds is 5. The molecule has 112 valence electrons. The van der Waals surface area contributed by atoms with Gasteiger partial charge in [0.1, 0.15) is 18.1 Å². The molecule has 0 unspecified atom stereocenters. The summed E-state index contributed by atoms with van der Waals surface area (Å²) in [6.07, 6.45) is 1.71. The number of ether oxygens (including phenoxy) is 1. The molecule has 6 heteroatoms. The van der Waals surface area contributed by atoms with Gasteiger partial charge in [-0.1, -0.05) is 17.7 Å². The summed E-state index contributed by atoms with van der Waals surface area (Å²) in [5.74, 6) is 0.593. The predicted octanol–water partition coefficient (Wildman–Crippen LogP) is 2.41. The van der Waals surface area contributed by atoms with E-state index in [4.69, 9.17) is 22.1 Å². The van der Waals surface area contributed by atoms with Crippen molar-refractivity contribution in [3.63, 3.8) is 0 Å². The fourth-order valence-corrected chi connectivity index (χ4v) is 2.14. The SMILES string of the molecule is CN(CCOc1cccc(Cl)c1)C(=O)c1cc(N)cn1C. The van der Waals surface area contributed by atoms with E-state index in [0.717, 1.165) is 0 Å². The maximum absolute atomic E-state index is 12.2. The number of likely N-dealkylation sites (N-methyl/N-ethyl adjacent to an activating group) is 1. The minimum Gasteiger partial charge on any atom is -0.492 e. The number of hydrogen-bond acceptors (Lipinski definition) is 3. The van der Waals surface area contributed by atoms with Gasteiger partial charge in [-0.15, -0.1) is 0 Å². The molecule has 0 atom stereocenters. The van der Waals surface area contributed by atoms with Gasteiger partial charge in [0.25, 0.3) is 5.91 Å². The van der Waals surface area contributed by atoms with E-state index in [1.807, 2.05) is 12.1 Å². The van der Waals surface area contributed by atoms with Gasteiger partial charge in [0.15, 0.2) is 0 Å². The van der Waals surface area contributed by atoms with Crippen molar-refractivity contribution in [3.8, 4) is 5.75 Å². The first-order valence-corrected chi connectivity index (χ1v) is 6.91. The van der Waals surface area contributed by atoms with Crippen LogP contribution in [0.3, 0.4) is 0 Å². The number of carbonyl (C=O) groups is 1. The summed E-state index contributed by atoms with van der Waals surface area (Å²) in [5.41, 5.74) is 6.81. The van der Waals surface area contributed by atoms with E-state index in [1.54, 1.807) is 48.0 Å². The Morgan fingerprint density at radius 1 is 1.43 bits per heavy atom. The van der Waals surface area contributed by atoms with E-state index < -0.39 is 0 Å². The van der Waals surface area contributed by atoms with Gasteiger partial charge in [0, 0.05) is 25.3 Å². The van der Waals surface area contributed by atoms with E-state index in [-0.39, 0.29) is 5.91 Å². The average molecular weight is 308 g/mol. The Balaban J connectivity index is 1.88. The molecule has 0 radical (unpaired) electrons. The Morgan fingerprint density at radius 3 is 2.81 bits per heavy atom. The normalized spacial score (nSPS) is 10.4. The van der Waals surface area contributed by atoms with Crippen LogP contribution in [0.2, 0.25) is 5.02 Å². The Labute approximate surface area is 128 Å². The van der Waals surface area contributed by atoms with Crippen LogP contribution in [0, 0.1) is 0 Å². The van der Waals surface area contributed by atoms with Crippen molar-refractivity contribution in [2.24, 2.45) is 7.05 Å². The molecule has 0 aliphatic heterocycles. The lowest BCUT2D eigenvalue weighted by Crippen LogP contribution is -2.32. The summed E-state index contributed by atoms with van der Waals surface area (Å²) in [6.45, 7) is 0.860. The summed E-state index contributed by atoms with van der Waals surface area (Å²) < 4.78 is 7.28. The second kappa shape index (κ2) is 6.54. The van der Waals surface area contributed by atoms with Crippen molar-refractivity contribution in [1.29, 1.82) is 0 Å². The zero-order chi connectivity index (χ0) is 15.4. The third-order valence-electron chi connectivity index (χ3n) is 3.08. The molecule has 0 aliphatic rings. The zero-order valence-corrected chi connectivity index (χ0v) is 12.8. The number of nitrogen functional groups attached to an aromatic ring is 1. The van der Waals surface area contributed by atoms with Crippen LogP contribution >= 0.6 is 11.6 Å². The molecular weight excluding hydrogens is 290 g/mol. The maximum Gasteiger partial charge on any atom is 0.270 e. The molecule has 1 amide bonds. The minimum atomic E-state index is -0.0936. The lowest BCUT2D eigenvalue weighted by atomic mass is 10.3. The molecule has 0 saturated carbocycles. The van der Waals surface area contributed by atoms with Crippen LogP contribution in [0.1, 0.15) is 10.5 Å². The molecule has 0 saturated heterocycles. The molecular formula is C15H18ClN3O2. The van der Waals surface area contributed by atoms with Gasteiger partial charge in [-0.05, 0) is 24.3 Å². The predicted molar refractivity (Wildman–Crippen MR) is 83.7 cm³/mol. The summed E-state index contributed by atoms with van der Waals surface area (Å²) in [5, 5.41) is 0.621. The highest BCUT2D eigenvalue weighted by molar-refractivity contribution is 6.30. The Hall–Kier alpha value is -2.14. The van der Waals surface area contributed by atoms with E-state index in [2.05, 4.69) is 0 Å². The monoisotopic (exact) mass is 307 g/mol. The maximum atomic E-state index is 12.2. The van der Waals surface area contributed by atoms with Gasteiger partial charge in [0.05, 0.1) is 12.2 Å². The molecule has 0 aliphatic carbocycles. The number of benzene rings is 1. The topological polar surface area (TPSA) is 60.5 Å². The molecule has 2 N–H and O–H groups in total. The highest BCUT2D eigenvalue weighted by Crippen LogP contribution is 2.17. The van der Waals surface area contributed by atoms with Crippen molar-refractivity contribution in [2.75, 3.05) is 25.9 Å². The molecule has 0 bridgehead atoms. The Morgan fingerprint density at radius 2 is 2.19 bits per heavy atom. The number of carbonyl (C=O) groups excluding carboxylic acids is 1. The summed E-state index contributed by atoms with van der Waals surface area (Å²) >= 11 is 5.88. The van der Waals surface area contributed by atoms with E-state index >= 15 is 0 Å². The molecule has 0 fully saturated rings. The summed E-state index contributed by atoms with van der Waals surface area (Å²) in [7, 11) is 3.52. The molecule has 2 aromatic rings. The zero-order valence-electron chi connectivity index (χ0n) is 12.0. The first-order valence-electron chi connectivity index (χ1n) is 6.53. The quantitative estimate of drug-likeness (QED) is 0.923. The van der Waals surface area contributed by atoms with Gasteiger partial charge in [-0.25, -0.2) is 0 Å². The van der Waals surface area contributed by atoms with Gasteiger partial charge in [-0.2, -0.15) is 0 Å². The number of halogens is 1. The fourth-order valence-electron chi connectivity index (χ4n) is 1.96. The molecule has 2 rings (SSSR count). The average Bonchev–Trinajstić information content (AvgIpc) is 2.77. The molecule has 1 heterocycles. The van der Waals surface area contributed by atoms with Crippen LogP contribution in [0.5, 0.6) is 5.75 Å². The highest BCUT2D eigenvalue weighted by atomic mass is 35.5. The molecule has 0 spiro atoms. The number of hydrogen-bond donors (Lipinski definition) is 1. The molecule has 5 nitrogen and oxygen atoms in total. The van der Waals surface area contributed by atoms with Crippen molar-refractivity contribution in [3.05, 3.63) is 47.2 Å². The summed E-state index contributed by atoms with van der Waals surface area (Å²) in [4.78, 5) is 13.8. The third-order valence-corrected chi connectivity index (χ3v) is 3.32. The van der Waals surface area contributed by atoms with Crippen LogP contribution in [-0.4, -0.2) is 35.6 Å². The lowest BCUT2D eigenvalue weighted by Gasteiger charge is -2.17. The van der Waals surface area contributed by atoms with E-state index in [1.165, 1.54) is 0 Å². The first-order chi connectivity index (χ1) is 9.97. The second-order valence-electron chi connectivity index (χ2n) is 4.80. The number of anilines is 1. The van der Waals surface area contributed by atoms with Crippen LogP contribution in [-0.2, 0) is 7.05 Å². The van der Waals surface area contributed by atoms with E-state index in [9.17, 15) is 4.79 Å². The Bertz CT molecular complexity index is 640. The minimum absolute atomic E-state index is 0.0936. The standard InChI is InChI=1S/C15H18ClN3O2/c1-18(15(20)14-9-12(17)10-19(14)2)6-7-21-13-5-3-4-11(16)8-13/h3-5,8-10H,6-7,17H2,1-2H3. The highest BCUT2D eigenvalue weighted by Gasteiger charge is 2.15. The summed E-state index contributed by atoms with van der Waals surface area (Å²) in [6, 6.07) is 8.83. The second-order valence-corrected chi connectivity index (χ2v) is 5.24. The van der Waals surface area contributed by atoms with Crippen molar-refractivity contribution in [1.82, 2.24) is 9.47 Å². The smallest absolute Gasteiger partial charge is 0.270 e. The van der Waals surface area contributed by atoms with Crippen molar-refractivity contribution < 1.29 is 9.53 Å². The van der Waals surface area contributed by atoms with Gasteiger partial charge in [-0.3, -0.25) is 4.79 Å². The van der Waals surface area contributed by atoms with Crippen LogP contribution in [0.25, 0.3) is 0 Å².